The highest BCUT2D eigenvalue weighted by Gasteiger charge is 2.32. The lowest BCUT2D eigenvalue weighted by molar-refractivity contribution is 0.0566. The van der Waals surface area contributed by atoms with E-state index in [0.717, 1.165) is 30.0 Å². The number of alkyl halides is 2. The summed E-state index contributed by atoms with van der Waals surface area (Å²) < 4.78 is 28.2. The molecule has 0 aliphatic carbocycles. The zero-order valence-electron chi connectivity index (χ0n) is 17.6. The van der Waals surface area contributed by atoms with E-state index in [1.54, 1.807) is 16.9 Å². The maximum absolute atomic E-state index is 13.0. The summed E-state index contributed by atoms with van der Waals surface area (Å²) in [6.45, 7) is -0.829. The van der Waals surface area contributed by atoms with Gasteiger partial charge in [-0.15, -0.1) is 0 Å². The van der Waals surface area contributed by atoms with Crippen LogP contribution in [0.25, 0.3) is 27.8 Å². The molecular weight excluding hydrogens is 426 g/mol. The third-order valence-electron chi connectivity index (χ3n) is 6.47. The molecule has 2 aliphatic heterocycles. The number of hydrogen-bond acceptors (Lipinski definition) is 6. The molecule has 2 atom stereocenters. The molecule has 0 amide bonds. The second-order valence-corrected chi connectivity index (χ2v) is 8.54. The van der Waals surface area contributed by atoms with Crippen LogP contribution in [-0.2, 0) is 0 Å². The molecule has 4 aromatic rings. The summed E-state index contributed by atoms with van der Waals surface area (Å²) in [5.74, 6) is 0.927. The standard InChI is InChI=1S/C23H20F2N8/c24-23(25)33-11-17(9-29-33)15-5-20(22-16(6-26)8-28-32(22)10-15)14-1-4-21(27-7-14)31-12-18-2-3-19(13-31)30-18/h1,4-5,7-11,18-19,23,30H,2-3,12-13H2. The van der Waals surface area contributed by atoms with Gasteiger partial charge in [-0.2, -0.15) is 24.2 Å². The quantitative estimate of drug-likeness (QED) is 0.517. The van der Waals surface area contributed by atoms with Crippen LogP contribution < -0.4 is 10.2 Å². The van der Waals surface area contributed by atoms with Crippen LogP contribution in [0.5, 0.6) is 0 Å². The SMILES string of the molecule is N#Cc1cnn2cc(-c3cnn(C(F)F)c3)cc(-c3ccc(N4CC5CCC(C4)N5)nc3)c12. The molecule has 2 aliphatic rings. The Bertz CT molecular complexity index is 1360. The summed E-state index contributed by atoms with van der Waals surface area (Å²) >= 11 is 0. The number of anilines is 1. The topological polar surface area (TPSA) is 87.1 Å². The van der Waals surface area contributed by atoms with Gasteiger partial charge in [0.05, 0.1) is 23.5 Å². The second kappa shape index (κ2) is 7.64. The van der Waals surface area contributed by atoms with Crippen LogP contribution in [0.1, 0.15) is 25.0 Å². The fourth-order valence-corrected chi connectivity index (χ4v) is 4.89. The number of nitriles is 1. The summed E-state index contributed by atoms with van der Waals surface area (Å²) in [5.41, 5.74) is 3.86. The molecule has 4 aromatic heterocycles. The van der Waals surface area contributed by atoms with Gasteiger partial charge in [-0.25, -0.2) is 14.2 Å². The lowest BCUT2D eigenvalue weighted by Crippen LogP contribution is -2.51. The average molecular weight is 446 g/mol. The van der Waals surface area contributed by atoms with Crippen molar-refractivity contribution >= 4 is 11.3 Å². The maximum Gasteiger partial charge on any atom is 0.333 e. The van der Waals surface area contributed by atoms with E-state index in [0.29, 0.717) is 39.0 Å². The number of halogens is 2. The minimum atomic E-state index is -2.71. The Hall–Kier alpha value is -3.84. The highest BCUT2D eigenvalue weighted by molar-refractivity contribution is 5.87. The largest absolute Gasteiger partial charge is 0.353 e. The summed E-state index contributed by atoms with van der Waals surface area (Å²) in [6, 6.07) is 9.07. The molecule has 2 bridgehead atoms. The Balaban J connectivity index is 1.41. The Morgan fingerprint density at radius 1 is 1.00 bits per heavy atom. The normalized spacial score (nSPS) is 20.0. The number of hydrogen-bond donors (Lipinski definition) is 1. The molecule has 2 unspecified atom stereocenters. The molecule has 166 valence electrons. The number of pyridine rings is 2. The van der Waals surface area contributed by atoms with Crippen LogP contribution in [-0.4, -0.2) is 49.6 Å². The Kier molecular flexibility index (Phi) is 4.58. The highest BCUT2D eigenvalue weighted by atomic mass is 19.3. The van der Waals surface area contributed by atoms with Crippen LogP contribution in [0.4, 0.5) is 14.6 Å². The first kappa shape index (κ1) is 19.8. The zero-order chi connectivity index (χ0) is 22.5. The monoisotopic (exact) mass is 446 g/mol. The second-order valence-electron chi connectivity index (χ2n) is 8.54. The fourth-order valence-electron chi connectivity index (χ4n) is 4.89. The molecule has 0 radical (unpaired) electrons. The number of piperazine rings is 1. The highest BCUT2D eigenvalue weighted by Crippen LogP contribution is 2.33. The summed E-state index contributed by atoms with van der Waals surface area (Å²) in [7, 11) is 0. The van der Waals surface area contributed by atoms with E-state index in [1.807, 2.05) is 18.2 Å². The van der Waals surface area contributed by atoms with Gasteiger partial charge in [-0.3, -0.25) is 0 Å². The summed E-state index contributed by atoms with van der Waals surface area (Å²) in [5, 5.41) is 21.3. The van der Waals surface area contributed by atoms with E-state index in [9.17, 15) is 14.0 Å². The Labute approximate surface area is 188 Å². The van der Waals surface area contributed by atoms with Crippen LogP contribution >= 0.6 is 0 Å². The molecule has 10 heteroatoms. The van der Waals surface area contributed by atoms with Crippen molar-refractivity contribution in [2.45, 2.75) is 31.5 Å². The molecule has 6 rings (SSSR count). The third kappa shape index (κ3) is 3.41. The minimum Gasteiger partial charge on any atom is -0.353 e. The van der Waals surface area contributed by atoms with Crippen molar-refractivity contribution in [3.05, 3.63) is 54.7 Å². The molecular formula is C23H20F2N8. The van der Waals surface area contributed by atoms with E-state index in [2.05, 4.69) is 26.5 Å². The Morgan fingerprint density at radius 3 is 2.48 bits per heavy atom. The smallest absolute Gasteiger partial charge is 0.333 e. The van der Waals surface area contributed by atoms with E-state index in [1.165, 1.54) is 31.4 Å². The molecule has 0 spiro atoms. The maximum atomic E-state index is 13.0. The summed E-state index contributed by atoms with van der Waals surface area (Å²) in [6.07, 6.45) is 10.1. The number of fused-ring (bicyclic) bond motifs is 3. The molecule has 6 heterocycles. The molecule has 0 aromatic carbocycles. The van der Waals surface area contributed by atoms with E-state index in [-0.39, 0.29) is 0 Å². The molecule has 1 N–H and O–H groups in total. The van der Waals surface area contributed by atoms with Gasteiger partial charge in [0, 0.05) is 66.0 Å². The van der Waals surface area contributed by atoms with Crippen LogP contribution in [0.3, 0.4) is 0 Å². The van der Waals surface area contributed by atoms with Gasteiger partial charge < -0.3 is 10.2 Å². The molecule has 2 fully saturated rings. The molecule has 0 saturated carbocycles. The van der Waals surface area contributed by atoms with Crippen molar-refractivity contribution in [1.29, 1.82) is 5.26 Å². The predicted molar refractivity (Wildman–Crippen MR) is 118 cm³/mol. The zero-order valence-corrected chi connectivity index (χ0v) is 17.6. The van der Waals surface area contributed by atoms with Gasteiger partial charge in [0.2, 0.25) is 0 Å². The van der Waals surface area contributed by atoms with Gasteiger partial charge in [-0.1, -0.05) is 0 Å². The number of rotatable bonds is 4. The Morgan fingerprint density at radius 2 is 1.82 bits per heavy atom. The van der Waals surface area contributed by atoms with Gasteiger partial charge in [0.25, 0.3) is 0 Å². The van der Waals surface area contributed by atoms with Gasteiger partial charge in [0.15, 0.2) is 0 Å². The number of nitrogens with zero attached hydrogens (tertiary/aromatic N) is 7. The van der Waals surface area contributed by atoms with E-state index in [4.69, 9.17) is 4.98 Å². The van der Waals surface area contributed by atoms with Gasteiger partial charge >= 0.3 is 6.55 Å². The lowest BCUT2D eigenvalue weighted by atomic mass is 10.0. The first-order valence-electron chi connectivity index (χ1n) is 10.8. The van der Waals surface area contributed by atoms with Crippen molar-refractivity contribution in [1.82, 2.24) is 29.7 Å². The molecule has 33 heavy (non-hydrogen) atoms. The van der Waals surface area contributed by atoms with Crippen molar-refractivity contribution in [2.24, 2.45) is 0 Å². The average Bonchev–Trinajstić information content (AvgIpc) is 3.56. The van der Waals surface area contributed by atoms with Crippen molar-refractivity contribution in [2.75, 3.05) is 18.0 Å². The van der Waals surface area contributed by atoms with E-state index >= 15 is 0 Å². The first-order chi connectivity index (χ1) is 16.1. The van der Waals surface area contributed by atoms with Crippen molar-refractivity contribution < 1.29 is 8.78 Å². The molecule has 8 nitrogen and oxygen atoms in total. The fraction of sp³-hybridized carbons (Fsp3) is 0.304. The number of nitrogens with one attached hydrogen (secondary N) is 1. The van der Waals surface area contributed by atoms with Crippen LogP contribution in [0.2, 0.25) is 0 Å². The third-order valence-corrected chi connectivity index (χ3v) is 6.47. The van der Waals surface area contributed by atoms with Gasteiger partial charge in [0.1, 0.15) is 11.9 Å². The predicted octanol–water partition coefficient (Wildman–Crippen LogP) is 3.47. The summed E-state index contributed by atoms with van der Waals surface area (Å²) in [4.78, 5) is 7.03. The first-order valence-corrected chi connectivity index (χ1v) is 10.8. The van der Waals surface area contributed by atoms with Crippen molar-refractivity contribution in [3.8, 4) is 28.3 Å². The lowest BCUT2D eigenvalue weighted by Gasteiger charge is -2.33. The number of aromatic nitrogens is 5. The van der Waals surface area contributed by atoms with E-state index < -0.39 is 6.55 Å². The van der Waals surface area contributed by atoms with Crippen molar-refractivity contribution in [3.63, 3.8) is 0 Å². The van der Waals surface area contributed by atoms with Gasteiger partial charge in [-0.05, 0) is 31.0 Å². The molecule has 2 saturated heterocycles. The van der Waals surface area contributed by atoms with Crippen LogP contribution in [0.15, 0.2) is 49.2 Å². The minimum absolute atomic E-state index is 0.433. The van der Waals surface area contributed by atoms with Crippen LogP contribution in [0, 0.1) is 11.3 Å².